The number of halogens is 3. The van der Waals surface area contributed by atoms with Crippen molar-refractivity contribution >= 4 is 17.4 Å². The Labute approximate surface area is 108 Å². The summed E-state index contributed by atoms with van der Waals surface area (Å²) in [5.41, 5.74) is -0.751. The second-order valence-electron chi connectivity index (χ2n) is 3.75. The van der Waals surface area contributed by atoms with Crippen molar-refractivity contribution in [2.45, 2.75) is 6.18 Å². The van der Waals surface area contributed by atoms with Gasteiger partial charge >= 0.3 is 6.18 Å². The van der Waals surface area contributed by atoms with Crippen molar-refractivity contribution in [3.8, 4) is 6.07 Å². The fraction of sp³-hybridized carbons (Fsp3) is 0.417. The van der Waals surface area contributed by atoms with Crippen LogP contribution in [0.5, 0.6) is 0 Å². The van der Waals surface area contributed by atoms with Gasteiger partial charge < -0.3 is 4.90 Å². The number of nitrogens with zero attached hydrogens (tertiary/aromatic N) is 2. The molecule has 1 aromatic rings. The number of alkyl halides is 3. The van der Waals surface area contributed by atoms with Gasteiger partial charge in [0.25, 0.3) is 0 Å². The zero-order chi connectivity index (χ0) is 13.8. The maximum atomic E-state index is 12.8. The van der Waals surface area contributed by atoms with Crippen molar-refractivity contribution in [2.24, 2.45) is 0 Å². The van der Waals surface area contributed by atoms with Gasteiger partial charge in [0.15, 0.2) is 0 Å². The average molecular weight is 274 g/mol. The molecule has 0 fully saturated rings. The molecule has 0 saturated carbocycles. The van der Waals surface area contributed by atoms with E-state index in [1.54, 1.807) is 29.8 Å². The van der Waals surface area contributed by atoms with E-state index in [1.165, 1.54) is 12.1 Å². The molecule has 0 heterocycles. The summed E-state index contributed by atoms with van der Waals surface area (Å²) < 4.78 is 38.3. The summed E-state index contributed by atoms with van der Waals surface area (Å²) in [6.45, 7) is 0.657. The number of anilines is 1. The Morgan fingerprint density at radius 3 is 2.56 bits per heavy atom. The quantitative estimate of drug-likeness (QED) is 0.842. The molecule has 0 aliphatic heterocycles. The summed E-state index contributed by atoms with van der Waals surface area (Å²) in [5.74, 6) is 0.831. The molecular weight excluding hydrogens is 261 g/mol. The molecule has 0 spiro atoms. The van der Waals surface area contributed by atoms with Crippen LogP contribution in [0.3, 0.4) is 0 Å². The van der Waals surface area contributed by atoms with E-state index < -0.39 is 11.7 Å². The van der Waals surface area contributed by atoms with Crippen molar-refractivity contribution in [1.29, 1.82) is 5.26 Å². The SMILES string of the molecule is CSCCN(C)c1ccc(C#N)c(C(F)(F)F)c1. The molecule has 1 rings (SSSR count). The van der Waals surface area contributed by atoms with Gasteiger partial charge in [-0.15, -0.1) is 0 Å². The van der Waals surface area contributed by atoms with Crippen LogP contribution in [0, 0.1) is 11.3 Å². The van der Waals surface area contributed by atoms with E-state index in [1.807, 2.05) is 6.26 Å². The fourth-order valence-corrected chi connectivity index (χ4v) is 1.92. The molecule has 0 aliphatic carbocycles. The molecule has 0 radical (unpaired) electrons. The van der Waals surface area contributed by atoms with Gasteiger partial charge in [0.05, 0.1) is 17.2 Å². The number of nitriles is 1. The van der Waals surface area contributed by atoms with Gasteiger partial charge in [-0.1, -0.05) is 0 Å². The molecule has 0 amide bonds. The first kappa shape index (κ1) is 14.7. The Morgan fingerprint density at radius 1 is 1.39 bits per heavy atom. The minimum absolute atomic E-state index is 0.343. The van der Waals surface area contributed by atoms with E-state index in [4.69, 9.17) is 5.26 Å². The van der Waals surface area contributed by atoms with Crippen molar-refractivity contribution in [2.75, 3.05) is 30.5 Å². The van der Waals surface area contributed by atoms with Crippen LogP contribution in [-0.4, -0.2) is 25.6 Å². The second kappa shape index (κ2) is 6.01. The van der Waals surface area contributed by atoms with Crippen LogP contribution in [-0.2, 0) is 6.18 Å². The number of rotatable bonds is 4. The van der Waals surface area contributed by atoms with Crippen molar-refractivity contribution in [1.82, 2.24) is 0 Å². The van der Waals surface area contributed by atoms with Crippen LogP contribution in [0.2, 0.25) is 0 Å². The highest BCUT2D eigenvalue weighted by Gasteiger charge is 2.34. The lowest BCUT2D eigenvalue weighted by Crippen LogP contribution is -2.21. The van der Waals surface area contributed by atoms with Gasteiger partial charge in [0, 0.05) is 25.0 Å². The monoisotopic (exact) mass is 274 g/mol. The van der Waals surface area contributed by atoms with Gasteiger partial charge in [-0.2, -0.15) is 30.2 Å². The molecule has 0 N–H and O–H groups in total. The number of hydrogen-bond donors (Lipinski definition) is 0. The zero-order valence-electron chi connectivity index (χ0n) is 10.1. The third kappa shape index (κ3) is 3.57. The minimum Gasteiger partial charge on any atom is -0.374 e. The Balaban J connectivity index is 3.08. The van der Waals surface area contributed by atoms with E-state index in [2.05, 4.69) is 0 Å². The van der Waals surface area contributed by atoms with Crippen LogP contribution >= 0.6 is 11.8 Å². The standard InChI is InChI=1S/C12H13F3N2S/c1-17(5-6-18-2)10-4-3-9(8-16)11(7-10)12(13,14)15/h3-4,7H,5-6H2,1-2H3. The summed E-state index contributed by atoms with van der Waals surface area (Å²) in [6.07, 6.45) is -2.56. The molecule has 98 valence electrons. The molecule has 6 heteroatoms. The third-order valence-corrected chi connectivity index (χ3v) is 3.09. The summed E-state index contributed by atoms with van der Waals surface area (Å²) in [6, 6.07) is 5.35. The van der Waals surface area contributed by atoms with Gasteiger partial charge in [-0.25, -0.2) is 0 Å². The van der Waals surface area contributed by atoms with Gasteiger partial charge in [0.1, 0.15) is 0 Å². The lowest BCUT2D eigenvalue weighted by molar-refractivity contribution is -0.137. The van der Waals surface area contributed by atoms with Crippen LogP contribution in [0.4, 0.5) is 18.9 Å². The van der Waals surface area contributed by atoms with Crippen molar-refractivity contribution in [3.63, 3.8) is 0 Å². The maximum Gasteiger partial charge on any atom is 0.417 e. The van der Waals surface area contributed by atoms with Crippen LogP contribution in [0.15, 0.2) is 18.2 Å². The molecule has 0 aromatic heterocycles. The molecule has 2 nitrogen and oxygen atoms in total. The van der Waals surface area contributed by atoms with Crippen LogP contribution < -0.4 is 4.90 Å². The zero-order valence-corrected chi connectivity index (χ0v) is 10.9. The molecule has 0 saturated heterocycles. The third-order valence-electron chi connectivity index (χ3n) is 2.50. The highest BCUT2D eigenvalue weighted by molar-refractivity contribution is 7.98. The van der Waals surface area contributed by atoms with E-state index >= 15 is 0 Å². The van der Waals surface area contributed by atoms with Crippen LogP contribution in [0.25, 0.3) is 0 Å². The predicted octanol–water partition coefficient (Wildman–Crippen LogP) is 3.38. The van der Waals surface area contributed by atoms with E-state index in [0.717, 1.165) is 11.8 Å². The first-order chi connectivity index (χ1) is 8.40. The minimum atomic E-state index is -4.50. The second-order valence-corrected chi connectivity index (χ2v) is 4.74. The van der Waals surface area contributed by atoms with E-state index in [9.17, 15) is 13.2 Å². The summed E-state index contributed by atoms with van der Waals surface area (Å²) in [5, 5.41) is 8.69. The van der Waals surface area contributed by atoms with E-state index in [0.29, 0.717) is 12.2 Å². The first-order valence-electron chi connectivity index (χ1n) is 5.21. The van der Waals surface area contributed by atoms with Gasteiger partial charge in [-0.3, -0.25) is 0 Å². The molecular formula is C12H13F3N2S. The van der Waals surface area contributed by atoms with Gasteiger partial charge in [0.2, 0.25) is 0 Å². The van der Waals surface area contributed by atoms with Crippen LogP contribution in [0.1, 0.15) is 11.1 Å². The normalized spacial score (nSPS) is 11.1. The van der Waals surface area contributed by atoms with Gasteiger partial charge in [-0.05, 0) is 24.5 Å². The molecule has 18 heavy (non-hydrogen) atoms. The topological polar surface area (TPSA) is 27.0 Å². The molecule has 0 unspecified atom stereocenters. The number of hydrogen-bond acceptors (Lipinski definition) is 3. The summed E-state index contributed by atoms with van der Waals surface area (Å²) in [7, 11) is 1.73. The predicted molar refractivity (Wildman–Crippen MR) is 67.8 cm³/mol. The first-order valence-corrected chi connectivity index (χ1v) is 6.61. The highest BCUT2D eigenvalue weighted by Crippen LogP contribution is 2.34. The Hall–Kier alpha value is -1.35. The molecule has 0 atom stereocenters. The maximum absolute atomic E-state index is 12.8. The largest absolute Gasteiger partial charge is 0.417 e. The molecule has 1 aromatic carbocycles. The highest BCUT2D eigenvalue weighted by atomic mass is 32.2. The van der Waals surface area contributed by atoms with Crippen molar-refractivity contribution in [3.05, 3.63) is 29.3 Å². The molecule has 0 bridgehead atoms. The number of benzene rings is 1. The molecule has 0 aliphatic rings. The number of thioether (sulfide) groups is 1. The Morgan fingerprint density at radius 2 is 2.06 bits per heavy atom. The Kier molecular flexibility index (Phi) is 4.91. The van der Waals surface area contributed by atoms with Crippen molar-refractivity contribution < 1.29 is 13.2 Å². The fourth-order valence-electron chi connectivity index (χ4n) is 1.46. The Bertz CT molecular complexity index is 452. The lowest BCUT2D eigenvalue weighted by Gasteiger charge is -2.20. The summed E-state index contributed by atoms with van der Waals surface area (Å²) >= 11 is 1.63. The average Bonchev–Trinajstić information content (AvgIpc) is 2.34. The van der Waals surface area contributed by atoms with E-state index in [-0.39, 0.29) is 5.56 Å². The summed E-state index contributed by atoms with van der Waals surface area (Å²) in [4.78, 5) is 1.74. The smallest absolute Gasteiger partial charge is 0.374 e. The lowest BCUT2D eigenvalue weighted by atomic mass is 10.1.